The van der Waals surface area contributed by atoms with Gasteiger partial charge in [0.2, 0.25) is 0 Å². The van der Waals surface area contributed by atoms with E-state index >= 15 is 0 Å². The molecule has 5 heteroatoms. The molecule has 0 aliphatic rings. The van der Waals surface area contributed by atoms with Gasteiger partial charge in [0, 0.05) is 23.3 Å². The number of aryl methyl sites for hydroxylation is 2. The summed E-state index contributed by atoms with van der Waals surface area (Å²) in [5, 5.41) is 0. The number of aromatic amines is 1. The molecule has 0 fully saturated rings. The number of nitrogens with two attached hydrogens (primary N) is 1. The number of hydrogen-bond acceptors (Lipinski definition) is 3. The van der Waals surface area contributed by atoms with Gasteiger partial charge in [0.25, 0.3) is 0 Å². The number of rotatable bonds is 3. The number of pyridine rings is 1. The lowest BCUT2D eigenvalue weighted by molar-refractivity contribution is 0.885. The lowest BCUT2D eigenvalue weighted by Gasteiger charge is -1.97. The summed E-state index contributed by atoms with van der Waals surface area (Å²) in [4.78, 5) is 12.0. The number of nitrogens with zero attached hydrogens (tertiary/aromatic N) is 2. The van der Waals surface area contributed by atoms with Crippen LogP contribution in [0, 0.1) is 0 Å². The average molecular weight is 317 g/mol. The SMILES string of the molecule is Nc1cc(Br)cc2[nH]c(CCc3cccnc3)nc12. The third-order valence-corrected chi connectivity index (χ3v) is 3.46. The van der Waals surface area contributed by atoms with Crippen LogP contribution in [0.2, 0.25) is 0 Å². The zero-order valence-corrected chi connectivity index (χ0v) is 11.8. The lowest BCUT2D eigenvalue weighted by atomic mass is 10.1. The highest BCUT2D eigenvalue weighted by molar-refractivity contribution is 9.10. The Morgan fingerprint density at radius 2 is 2.16 bits per heavy atom. The van der Waals surface area contributed by atoms with Gasteiger partial charge in [0.1, 0.15) is 11.3 Å². The van der Waals surface area contributed by atoms with Crippen molar-refractivity contribution in [2.45, 2.75) is 12.8 Å². The maximum absolute atomic E-state index is 5.96. The molecule has 19 heavy (non-hydrogen) atoms. The zero-order chi connectivity index (χ0) is 13.2. The lowest BCUT2D eigenvalue weighted by Crippen LogP contribution is -1.93. The molecule has 96 valence electrons. The largest absolute Gasteiger partial charge is 0.397 e. The van der Waals surface area contributed by atoms with Gasteiger partial charge in [-0.3, -0.25) is 4.98 Å². The highest BCUT2D eigenvalue weighted by Crippen LogP contribution is 2.24. The molecule has 3 N–H and O–H groups in total. The van der Waals surface area contributed by atoms with E-state index in [0.717, 1.165) is 34.2 Å². The van der Waals surface area contributed by atoms with Crippen molar-refractivity contribution in [3.63, 3.8) is 0 Å². The van der Waals surface area contributed by atoms with Crippen LogP contribution in [0.15, 0.2) is 41.1 Å². The first-order valence-corrected chi connectivity index (χ1v) is 6.84. The fraction of sp³-hybridized carbons (Fsp3) is 0.143. The van der Waals surface area contributed by atoms with E-state index in [1.54, 1.807) is 6.20 Å². The fourth-order valence-electron chi connectivity index (χ4n) is 2.09. The molecule has 3 rings (SSSR count). The molecular formula is C14H13BrN4. The van der Waals surface area contributed by atoms with Crippen molar-refractivity contribution >= 4 is 32.7 Å². The van der Waals surface area contributed by atoms with Crippen LogP contribution in [-0.2, 0) is 12.8 Å². The molecule has 0 aliphatic heterocycles. The van der Waals surface area contributed by atoms with Gasteiger partial charge in [0.05, 0.1) is 11.2 Å². The van der Waals surface area contributed by atoms with E-state index in [1.807, 2.05) is 24.4 Å². The van der Waals surface area contributed by atoms with Gasteiger partial charge >= 0.3 is 0 Å². The van der Waals surface area contributed by atoms with Gasteiger partial charge in [-0.15, -0.1) is 0 Å². The Morgan fingerprint density at radius 1 is 1.26 bits per heavy atom. The molecule has 1 aromatic carbocycles. The minimum Gasteiger partial charge on any atom is -0.397 e. The van der Waals surface area contributed by atoms with Gasteiger partial charge < -0.3 is 10.7 Å². The molecule has 0 atom stereocenters. The average Bonchev–Trinajstić information content (AvgIpc) is 2.81. The second kappa shape index (κ2) is 5.01. The zero-order valence-electron chi connectivity index (χ0n) is 10.2. The van der Waals surface area contributed by atoms with E-state index in [-0.39, 0.29) is 0 Å². The summed E-state index contributed by atoms with van der Waals surface area (Å²) in [6.45, 7) is 0. The van der Waals surface area contributed by atoms with Gasteiger partial charge in [-0.05, 0) is 30.2 Å². The summed E-state index contributed by atoms with van der Waals surface area (Å²) < 4.78 is 0.958. The Labute approximate surface area is 119 Å². The van der Waals surface area contributed by atoms with Crippen molar-refractivity contribution in [3.05, 3.63) is 52.5 Å². The van der Waals surface area contributed by atoms with Crippen LogP contribution in [-0.4, -0.2) is 15.0 Å². The van der Waals surface area contributed by atoms with E-state index in [9.17, 15) is 0 Å². The van der Waals surface area contributed by atoms with Gasteiger partial charge in [-0.1, -0.05) is 22.0 Å². The third-order valence-electron chi connectivity index (χ3n) is 3.00. The summed E-state index contributed by atoms with van der Waals surface area (Å²) in [6, 6.07) is 7.88. The number of benzene rings is 1. The number of imidazole rings is 1. The first kappa shape index (κ1) is 12.2. The Hall–Kier alpha value is -1.88. The Kier molecular flexibility index (Phi) is 3.21. The summed E-state index contributed by atoms with van der Waals surface area (Å²) in [5.41, 5.74) is 9.65. The standard InChI is InChI=1S/C14H13BrN4/c15-10-6-11(16)14-12(7-10)18-13(19-14)4-3-9-2-1-5-17-8-9/h1-2,5-8H,3-4,16H2,(H,18,19). The molecule has 0 saturated carbocycles. The number of hydrogen-bond donors (Lipinski definition) is 2. The van der Waals surface area contributed by atoms with Gasteiger partial charge in [0.15, 0.2) is 0 Å². The number of aromatic nitrogens is 3. The van der Waals surface area contributed by atoms with Crippen molar-refractivity contribution in [1.29, 1.82) is 0 Å². The highest BCUT2D eigenvalue weighted by atomic mass is 79.9. The topological polar surface area (TPSA) is 67.6 Å². The summed E-state index contributed by atoms with van der Waals surface area (Å²) in [7, 11) is 0. The van der Waals surface area contributed by atoms with E-state index in [2.05, 4.69) is 36.9 Å². The van der Waals surface area contributed by atoms with Crippen molar-refractivity contribution in [2.24, 2.45) is 0 Å². The van der Waals surface area contributed by atoms with Gasteiger partial charge in [-0.25, -0.2) is 4.98 Å². The highest BCUT2D eigenvalue weighted by Gasteiger charge is 2.07. The van der Waals surface area contributed by atoms with Crippen LogP contribution in [0.25, 0.3) is 11.0 Å². The van der Waals surface area contributed by atoms with Crippen molar-refractivity contribution in [1.82, 2.24) is 15.0 Å². The van der Waals surface area contributed by atoms with Crippen LogP contribution >= 0.6 is 15.9 Å². The number of halogens is 1. The molecule has 0 unspecified atom stereocenters. The summed E-state index contributed by atoms with van der Waals surface area (Å²) in [5.74, 6) is 0.948. The molecule has 0 amide bonds. The summed E-state index contributed by atoms with van der Waals surface area (Å²) in [6.07, 6.45) is 5.42. The smallest absolute Gasteiger partial charge is 0.112 e. The molecule has 4 nitrogen and oxygen atoms in total. The molecule has 3 aromatic rings. The third kappa shape index (κ3) is 2.61. The normalized spacial score (nSPS) is 11.0. The van der Waals surface area contributed by atoms with E-state index in [1.165, 1.54) is 5.56 Å². The Morgan fingerprint density at radius 3 is 2.95 bits per heavy atom. The molecule has 0 bridgehead atoms. The first-order valence-electron chi connectivity index (χ1n) is 6.05. The summed E-state index contributed by atoms with van der Waals surface area (Å²) >= 11 is 3.43. The molecule has 0 spiro atoms. The van der Waals surface area contributed by atoms with E-state index in [4.69, 9.17) is 5.73 Å². The van der Waals surface area contributed by atoms with Crippen LogP contribution in [0.3, 0.4) is 0 Å². The van der Waals surface area contributed by atoms with Crippen molar-refractivity contribution in [2.75, 3.05) is 5.73 Å². The molecule has 0 aliphatic carbocycles. The second-order valence-electron chi connectivity index (χ2n) is 4.44. The van der Waals surface area contributed by atoms with E-state index < -0.39 is 0 Å². The van der Waals surface area contributed by atoms with E-state index in [0.29, 0.717) is 5.69 Å². The maximum atomic E-state index is 5.96. The van der Waals surface area contributed by atoms with Crippen molar-refractivity contribution < 1.29 is 0 Å². The monoisotopic (exact) mass is 316 g/mol. The molecular weight excluding hydrogens is 304 g/mol. The van der Waals surface area contributed by atoms with Crippen LogP contribution in [0.1, 0.15) is 11.4 Å². The maximum Gasteiger partial charge on any atom is 0.112 e. The quantitative estimate of drug-likeness (QED) is 0.730. The Balaban J connectivity index is 1.84. The van der Waals surface area contributed by atoms with Crippen LogP contribution in [0.4, 0.5) is 5.69 Å². The molecule has 0 saturated heterocycles. The molecule has 0 radical (unpaired) electrons. The second-order valence-corrected chi connectivity index (χ2v) is 5.35. The Bertz CT molecular complexity index is 706. The predicted octanol–water partition coefficient (Wildman–Crippen LogP) is 3.09. The number of nitrogen functional groups attached to an aromatic ring is 1. The number of H-pyrrole nitrogens is 1. The first-order chi connectivity index (χ1) is 9.22. The van der Waals surface area contributed by atoms with Crippen LogP contribution in [0.5, 0.6) is 0 Å². The number of fused-ring (bicyclic) bond motifs is 1. The molecule has 2 heterocycles. The predicted molar refractivity (Wildman–Crippen MR) is 79.9 cm³/mol. The number of nitrogens with one attached hydrogen (secondary N) is 1. The molecule has 2 aromatic heterocycles. The fourth-order valence-corrected chi connectivity index (χ4v) is 2.56. The van der Waals surface area contributed by atoms with Crippen molar-refractivity contribution in [3.8, 4) is 0 Å². The minimum absolute atomic E-state index is 0.688. The van der Waals surface area contributed by atoms with Gasteiger partial charge in [-0.2, -0.15) is 0 Å². The van der Waals surface area contributed by atoms with Crippen LogP contribution < -0.4 is 5.73 Å². The minimum atomic E-state index is 0.688. The number of anilines is 1.